The summed E-state index contributed by atoms with van der Waals surface area (Å²) in [5, 5.41) is 38.6. The SMILES string of the molecule is CCS(=O)(=O)N1CC(CC#N)(n2cc(-c3ncnc4c3ccn4C(=O)N(C)CCN(C)C(=O)OCc3ccc(N=Nc4ccc(O)c(C(=O)NCCCCC(=O)OC5Oc6cc7c(cc6O5)-c5cc6ccc(OC)cc6c[n+]5CC7)c4)cc3)cn2)C1. The van der Waals surface area contributed by atoms with Gasteiger partial charge in [0, 0.05) is 94.5 Å². The zero-order valence-electron chi connectivity index (χ0n) is 47.5. The number of aryl methyl sites for hydroxylation is 2. The number of methoxy groups -OCH3 is 1. The monoisotopic (exact) mass is 1190 g/mol. The van der Waals surface area contributed by atoms with Gasteiger partial charge in [0.05, 0.1) is 59.7 Å². The van der Waals surface area contributed by atoms with Crippen LogP contribution in [0.1, 0.15) is 54.1 Å². The molecular formula is C60H60N13O12S+. The second kappa shape index (κ2) is 24.3. The van der Waals surface area contributed by atoms with Crippen LogP contribution in [0, 0.1) is 11.3 Å². The number of pyridine rings is 1. The number of nitrogens with zero attached hydrogens (tertiary/aromatic N) is 12. The molecule has 11 rings (SSSR count). The minimum absolute atomic E-state index is 0.00370. The van der Waals surface area contributed by atoms with Gasteiger partial charge in [-0.2, -0.15) is 29.5 Å². The Balaban J connectivity index is 0.594. The highest BCUT2D eigenvalue weighted by molar-refractivity contribution is 7.89. The third-order valence-corrected chi connectivity index (χ3v) is 17.2. The van der Waals surface area contributed by atoms with Gasteiger partial charge < -0.3 is 43.9 Å². The van der Waals surface area contributed by atoms with E-state index in [2.05, 4.69) is 53.5 Å². The summed E-state index contributed by atoms with van der Waals surface area (Å²) < 4.78 is 59.7. The van der Waals surface area contributed by atoms with E-state index in [1.54, 1.807) is 81.7 Å². The number of nitriles is 1. The highest BCUT2D eigenvalue weighted by Crippen LogP contribution is 2.42. The molecule has 0 aliphatic carbocycles. The van der Waals surface area contributed by atoms with Crippen LogP contribution >= 0.6 is 0 Å². The first-order chi connectivity index (χ1) is 41.5. The fraction of sp³-hybridized carbons (Fsp3) is 0.317. The Morgan fingerprint density at radius 2 is 1.70 bits per heavy atom. The summed E-state index contributed by atoms with van der Waals surface area (Å²) in [5.41, 5.74) is 5.24. The molecule has 2 N–H and O–H groups in total. The van der Waals surface area contributed by atoms with Crippen LogP contribution in [-0.4, -0.2) is 142 Å². The first kappa shape index (κ1) is 57.8. The zero-order valence-corrected chi connectivity index (χ0v) is 48.3. The number of esters is 1. The summed E-state index contributed by atoms with van der Waals surface area (Å²) in [5.74, 6) is 0.451. The van der Waals surface area contributed by atoms with Crippen molar-refractivity contribution in [3.05, 3.63) is 133 Å². The second-order valence-electron chi connectivity index (χ2n) is 21.1. The number of sulfonamides is 1. The summed E-state index contributed by atoms with van der Waals surface area (Å²) in [6.07, 6.45) is 9.50. The molecule has 0 spiro atoms. The van der Waals surface area contributed by atoms with E-state index >= 15 is 0 Å². The van der Waals surface area contributed by atoms with E-state index in [-0.39, 0.29) is 69.2 Å². The van der Waals surface area contributed by atoms with E-state index in [9.17, 15) is 38.0 Å². The maximum Gasteiger partial charge on any atom is 0.409 e. The minimum atomic E-state index is -3.43. The number of unbranched alkanes of at least 4 members (excludes halogenated alkanes) is 1. The molecule has 442 valence electrons. The number of likely N-dealkylation sites (N-methyl/N-ethyl adjacent to an activating group) is 2. The van der Waals surface area contributed by atoms with E-state index in [1.807, 2.05) is 30.3 Å². The Morgan fingerprint density at radius 3 is 2.48 bits per heavy atom. The summed E-state index contributed by atoms with van der Waals surface area (Å²) in [4.78, 5) is 64.2. The smallest absolute Gasteiger partial charge is 0.409 e. The molecule has 4 aromatic heterocycles. The molecule has 1 fully saturated rings. The van der Waals surface area contributed by atoms with Gasteiger partial charge in [-0.05, 0) is 96.9 Å². The topological polar surface area (TPSA) is 291 Å². The Bertz CT molecular complexity index is 4140. The summed E-state index contributed by atoms with van der Waals surface area (Å²) in [7, 11) is 1.39. The summed E-state index contributed by atoms with van der Waals surface area (Å²) in [6.45, 7) is 1.88. The Hall–Kier alpha value is -10.0. The van der Waals surface area contributed by atoms with Crippen molar-refractivity contribution < 1.29 is 61.0 Å². The van der Waals surface area contributed by atoms with Crippen molar-refractivity contribution >= 4 is 67.2 Å². The molecule has 1 atom stereocenters. The number of aromatic hydroxyl groups is 1. The van der Waals surface area contributed by atoms with Gasteiger partial charge in [-0.3, -0.25) is 18.8 Å². The van der Waals surface area contributed by atoms with Crippen molar-refractivity contribution in [2.75, 3.05) is 59.7 Å². The van der Waals surface area contributed by atoms with Crippen molar-refractivity contribution in [1.29, 1.82) is 5.26 Å². The van der Waals surface area contributed by atoms with E-state index in [0.29, 0.717) is 63.6 Å². The van der Waals surface area contributed by atoms with Gasteiger partial charge in [-0.1, -0.05) is 18.2 Å². The number of carbonyl (C=O) groups is 4. The number of rotatable bonds is 20. The average molecular weight is 1190 g/mol. The molecule has 8 aromatic rings. The molecule has 4 aromatic carbocycles. The first-order valence-electron chi connectivity index (χ1n) is 27.7. The lowest BCUT2D eigenvalue weighted by atomic mass is 9.89. The molecule has 26 heteroatoms. The summed E-state index contributed by atoms with van der Waals surface area (Å²) >= 11 is 0. The van der Waals surface area contributed by atoms with Gasteiger partial charge >= 0.3 is 24.6 Å². The van der Waals surface area contributed by atoms with Crippen LogP contribution in [0.2, 0.25) is 0 Å². The molecule has 86 heavy (non-hydrogen) atoms. The number of ether oxygens (including phenoxy) is 5. The normalized spacial score (nSPS) is 14.9. The van der Waals surface area contributed by atoms with Crippen molar-refractivity contribution in [3.8, 4) is 51.6 Å². The molecule has 0 bridgehead atoms. The molecule has 3 aliphatic rings. The average Bonchev–Trinajstić information content (AvgIpc) is 1.36. The maximum atomic E-state index is 13.7. The molecular weight excluding hydrogens is 1130 g/mol. The van der Waals surface area contributed by atoms with E-state index in [1.165, 1.54) is 43.2 Å². The van der Waals surface area contributed by atoms with Gasteiger partial charge in [0.1, 0.15) is 30.0 Å². The largest absolute Gasteiger partial charge is 0.507 e. The van der Waals surface area contributed by atoms with Gasteiger partial charge in [-0.15, -0.1) is 0 Å². The molecule has 7 heterocycles. The quantitative estimate of drug-likeness (QED) is 0.0319. The number of benzene rings is 4. The zero-order chi connectivity index (χ0) is 60.3. The fourth-order valence-electron chi connectivity index (χ4n) is 10.4. The number of carbonyl (C=O) groups excluding carboxylic acids is 4. The fourth-order valence-corrected chi connectivity index (χ4v) is 11.6. The molecule has 1 unspecified atom stereocenters. The standard InChI is InChI=1S/C60H59N13O12S/c1-5-86(79,80)71-35-60(36-71,19-20-61)73-33-42(31-65-73)54-46-18-23-72(55(46)64-37-63-54)57(77)68(2)24-25-69(3)58(78)82-34-38-9-12-43(13-10-38)66-67-44-14-16-50(74)48(29-44)56(76)62-21-7-6-8-53(75)85-59-83-51-28-40-17-22-70-32-41-26-45(81-4)15-11-39(41)27-49(70)47(40)30-52(51)84-59/h9-16,18,23,26-33,37,59H,5-8,17,19,21-22,24-25,34-36H2,1-4H3,(H-,62,66,74,76)/p+1. The number of aromatic nitrogens is 6. The molecule has 3 amide bonds. The number of phenols is 1. The Labute approximate surface area is 493 Å². The lowest BCUT2D eigenvalue weighted by molar-refractivity contribution is -0.686. The molecule has 0 saturated carbocycles. The van der Waals surface area contributed by atoms with Crippen LogP contribution in [-0.2, 0) is 49.4 Å². The predicted octanol–water partition coefficient (Wildman–Crippen LogP) is 7.73. The molecule has 0 radical (unpaired) electrons. The van der Waals surface area contributed by atoms with Gasteiger partial charge in [0.25, 0.3) is 5.91 Å². The lowest BCUT2D eigenvalue weighted by Gasteiger charge is -2.47. The van der Waals surface area contributed by atoms with Gasteiger partial charge in [0.15, 0.2) is 29.9 Å². The van der Waals surface area contributed by atoms with Crippen molar-refractivity contribution in [2.24, 2.45) is 10.2 Å². The maximum absolute atomic E-state index is 13.7. The highest BCUT2D eigenvalue weighted by Gasteiger charge is 2.50. The Kier molecular flexibility index (Phi) is 16.3. The van der Waals surface area contributed by atoms with Gasteiger partial charge in [0.2, 0.25) is 15.7 Å². The van der Waals surface area contributed by atoms with E-state index in [0.717, 1.165) is 46.3 Å². The lowest BCUT2D eigenvalue weighted by Crippen LogP contribution is -2.64. The number of phenolic OH excluding ortho intramolecular Hbond substituents is 1. The van der Waals surface area contributed by atoms with Crippen LogP contribution in [0.4, 0.5) is 21.0 Å². The molecule has 1 saturated heterocycles. The number of amides is 3. The third-order valence-electron chi connectivity index (χ3n) is 15.4. The predicted molar refractivity (Wildman–Crippen MR) is 310 cm³/mol. The second-order valence-corrected chi connectivity index (χ2v) is 23.3. The Morgan fingerprint density at radius 1 is 0.930 bits per heavy atom. The van der Waals surface area contributed by atoms with E-state index in [4.69, 9.17) is 23.7 Å². The number of fused-ring (bicyclic) bond motifs is 6. The third kappa shape index (κ3) is 12.0. The van der Waals surface area contributed by atoms with Crippen molar-refractivity contribution in [1.82, 2.24) is 43.7 Å². The van der Waals surface area contributed by atoms with Crippen LogP contribution in [0.15, 0.2) is 126 Å². The first-order valence-corrected chi connectivity index (χ1v) is 29.3. The number of hydrogen-bond donors (Lipinski definition) is 2. The van der Waals surface area contributed by atoms with Gasteiger partial charge in [-0.25, -0.2) is 28.0 Å². The van der Waals surface area contributed by atoms with Crippen LogP contribution in [0.25, 0.3) is 44.3 Å². The van der Waals surface area contributed by atoms with Crippen LogP contribution in [0.5, 0.6) is 23.0 Å². The highest BCUT2D eigenvalue weighted by atomic mass is 32.2. The summed E-state index contributed by atoms with van der Waals surface area (Å²) in [6, 6.07) is 26.5. The molecule has 25 nitrogen and oxygen atoms in total. The van der Waals surface area contributed by atoms with Crippen LogP contribution in [0.3, 0.4) is 0 Å². The number of azo groups is 1. The number of hydrogen-bond acceptors (Lipinski definition) is 18. The minimum Gasteiger partial charge on any atom is -0.507 e. The number of nitrogens with one attached hydrogen (secondary N) is 1. The van der Waals surface area contributed by atoms with E-state index < -0.39 is 46.0 Å². The van der Waals surface area contributed by atoms with Crippen molar-refractivity contribution in [2.45, 2.75) is 64.2 Å². The molecule has 3 aliphatic heterocycles. The van der Waals surface area contributed by atoms with Crippen LogP contribution < -0.4 is 24.1 Å². The van der Waals surface area contributed by atoms with Crippen molar-refractivity contribution in [3.63, 3.8) is 0 Å².